The van der Waals surface area contributed by atoms with Crippen molar-refractivity contribution in [1.82, 2.24) is 14.9 Å². The summed E-state index contributed by atoms with van der Waals surface area (Å²) in [4.78, 5) is 38.4. The van der Waals surface area contributed by atoms with Crippen molar-refractivity contribution >= 4 is 39.3 Å². The standard InChI is InChI=1S/C24H24BrN5O2.2H2/c25-18-15-19(24(26)27-16-18)23(32)20-8-4-9-21(28-20)29-10-5-11-30(13-12-29)22(31)14-17-6-2-1-3-7-17;;/h1-4,6-9,15-16H,5,10-14H2,(H2,26,27);2*1H. The number of rotatable bonds is 5. The number of nitrogens with zero attached hydrogens (tertiary/aromatic N) is 4. The van der Waals surface area contributed by atoms with Crippen LogP contribution >= 0.6 is 15.9 Å². The Kier molecular flexibility index (Phi) is 6.80. The fraction of sp³-hybridized carbons (Fsp3) is 0.250. The molecule has 2 aromatic heterocycles. The van der Waals surface area contributed by atoms with Crippen LogP contribution in [0.5, 0.6) is 0 Å². The normalized spacial score (nSPS) is 14.2. The van der Waals surface area contributed by atoms with Crippen molar-refractivity contribution in [2.75, 3.05) is 36.8 Å². The van der Waals surface area contributed by atoms with Gasteiger partial charge in [-0.25, -0.2) is 9.97 Å². The molecule has 4 rings (SSSR count). The monoisotopic (exact) mass is 497 g/mol. The van der Waals surface area contributed by atoms with Gasteiger partial charge in [-0.3, -0.25) is 9.59 Å². The van der Waals surface area contributed by atoms with Crippen LogP contribution in [0.3, 0.4) is 0 Å². The highest BCUT2D eigenvalue weighted by Crippen LogP contribution is 2.21. The lowest BCUT2D eigenvalue weighted by Gasteiger charge is -2.23. The Balaban J connectivity index is 0.00000204. The first-order valence-electron chi connectivity index (χ1n) is 10.5. The number of carbonyl (C=O) groups is 2. The second-order valence-electron chi connectivity index (χ2n) is 7.68. The lowest BCUT2D eigenvalue weighted by atomic mass is 10.1. The van der Waals surface area contributed by atoms with Gasteiger partial charge in [0, 0.05) is 39.7 Å². The number of benzene rings is 1. The van der Waals surface area contributed by atoms with E-state index in [9.17, 15) is 9.59 Å². The predicted molar refractivity (Wildman–Crippen MR) is 132 cm³/mol. The fourth-order valence-corrected chi connectivity index (χ4v) is 4.11. The van der Waals surface area contributed by atoms with E-state index in [1.54, 1.807) is 18.3 Å². The van der Waals surface area contributed by atoms with Gasteiger partial charge in [0.1, 0.15) is 17.3 Å². The minimum absolute atomic E-state index is 0. The van der Waals surface area contributed by atoms with E-state index in [1.165, 1.54) is 0 Å². The van der Waals surface area contributed by atoms with Gasteiger partial charge in [0.05, 0.1) is 12.0 Å². The summed E-state index contributed by atoms with van der Waals surface area (Å²) >= 11 is 3.33. The Hall–Kier alpha value is -3.26. The van der Waals surface area contributed by atoms with Crippen LogP contribution in [0.15, 0.2) is 65.3 Å². The average Bonchev–Trinajstić information content (AvgIpc) is 3.07. The zero-order valence-electron chi connectivity index (χ0n) is 17.6. The van der Waals surface area contributed by atoms with Gasteiger partial charge in [0.25, 0.3) is 0 Å². The van der Waals surface area contributed by atoms with Crippen LogP contribution in [0.4, 0.5) is 11.6 Å². The van der Waals surface area contributed by atoms with Crippen LogP contribution in [0, 0.1) is 0 Å². The highest BCUT2D eigenvalue weighted by Gasteiger charge is 2.21. The predicted octanol–water partition coefficient (Wildman–Crippen LogP) is 3.83. The molecule has 1 amide bonds. The van der Waals surface area contributed by atoms with Crippen molar-refractivity contribution < 1.29 is 12.4 Å². The van der Waals surface area contributed by atoms with E-state index in [0.29, 0.717) is 41.8 Å². The molecule has 1 aromatic carbocycles. The van der Waals surface area contributed by atoms with Gasteiger partial charge in [-0.2, -0.15) is 0 Å². The molecule has 168 valence electrons. The number of nitrogen functional groups attached to an aromatic ring is 1. The van der Waals surface area contributed by atoms with Gasteiger partial charge in [0.15, 0.2) is 0 Å². The molecule has 2 N–H and O–H groups in total. The minimum atomic E-state index is -0.271. The summed E-state index contributed by atoms with van der Waals surface area (Å²) in [7, 11) is 0. The lowest BCUT2D eigenvalue weighted by molar-refractivity contribution is -0.130. The maximum absolute atomic E-state index is 13.0. The van der Waals surface area contributed by atoms with Crippen LogP contribution in [0.25, 0.3) is 0 Å². The first-order chi connectivity index (χ1) is 15.5. The van der Waals surface area contributed by atoms with Crippen LogP contribution in [-0.2, 0) is 11.2 Å². The Morgan fingerprint density at radius 3 is 2.66 bits per heavy atom. The Bertz CT molecular complexity index is 1130. The minimum Gasteiger partial charge on any atom is -0.383 e. The lowest BCUT2D eigenvalue weighted by Crippen LogP contribution is -2.36. The van der Waals surface area contributed by atoms with Gasteiger partial charge in [0.2, 0.25) is 11.7 Å². The largest absolute Gasteiger partial charge is 0.383 e. The molecule has 0 saturated carbocycles. The molecular weight excluding hydrogens is 470 g/mol. The molecule has 3 aromatic rings. The zero-order chi connectivity index (χ0) is 22.5. The number of amides is 1. The zero-order valence-corrected chi connectivity index (χ0v) is 19.2. The van der Waals surface area contributed by atoms with E-state index in [2.05, 4.69) is 30.8 Å². The molecule has 0 aliphatic carbocycles. The van der Waals surface area contributed by atoms with Crippen molar-refractivity contribution in [1.29, 1.82) is 0 Å². The van der Waals surface area contributed by atoms with Crippen LogP contribution in [-0.4, -0.2) is 52.7 Å². The van der Waals surface area contributed by atoms with Crippen molar-refractivity contribution in [2.45, 2.75) is 12.8 Å². The molecule has 1 fully saturated rings. The average molecular weight is 498 g/mol. The molecule has 0 radical (unpaired) electrons. The molecule has 1 aliphatic rings. The Morgan fingerprint density at radius 2 is 1.84 bits per heavy atom. The molecule has 0 atom stereocenters. The van der Waals surface area contributed by atoms with E-state index >= 15 is 0 Å². The molecule has 3 heterocycles. The molecular formula is C24H28BrN5O2. The first-order valence-corrected chi connectivity index (χ1v) is 11.3. The van der Waals surface area contributed by atoms with Crippen molar-refractivity contribution in [3.8, 4) is 0 Å². The summed E-state index contributed by atoms with van der Waals surface area (Å²) in [5.41, 5.74) is 7.55. The van der Waals surface area contributed by atoms with Crippen molar-refractivity contribution in [2.24, 2.45) is 0 Å². The maximum Gasteiger partial charge on any atom is 0.227 e. The van der Waals surface area contributed by atoms with Gasteiger partial charge in [-0.1, -0.05) is 36.4 Å². The summed E-state index contributed by atoms with van der Waals surface area (Å²) in [6.45, 7) is 2.75. The number of hydrogen-bond acceptors (Lipinski definition) is 6. The fourth-order valence-electron chi connectivity index (χ4n) is 3.77. The van der Waals surface area contributed by atoms with E-state index in [0.717, 1.165) is 24.3 Å². The Labute approximate surface area is 198 Å². The van der Waals surface area contributed by atoms with Crippen molar-refractivity contribution in [3.05, 3.63) is 82.1 Å². The van der Waals surface area contributed by atoms with E-state index < -0.39 is 0 Å². The van der Waals surface area contributed by atoms with E-state index in [-0.39, 0.29) is 20.4 Å². The van der Waals surface area contributed by atoms with Gasteiger partial charge < -0.3 is 15.5 Å². The van der Waals surface area contributed by atoms with Crippen LogP contribution in [0.2, 0.25) is 0 Å². The molecule has 0 bridgehead atoms. The maximum atomic E-state index is 13.0. The number of hydrogen-bond donors (Lipinski definition) is 1. The topological polar surface area (TPSA) is 92.4 Å². The van der Waals surface area contributed by atoms with E-state index in [1.807, 2.05) is 47.4 Å². The number of nitrogens with two attached hydrogens (primary N) is 1. The summed E-state index contributed by atoms with van der Waals surface area (Å²) in [5, 5.41) is 0. The molecule has 7 nitrogen and oxygen atoms in total. The van der Waals surface area contributed by atoms with Gasteiger partial charge in [-0.05, 0) is 46.1 Å². The molecule has 1 aliphatic heterocycles. The highest BCUT2D eigenvalue weighted by molar-refractivity contribution is 9.10. The summed E-state index contributed by atoms with van der Waals surface area (Å²) in [6.07, 6.45) is 2.80. The van der Waals surface area contributed by atoms with Crippen LogP contribution in [0.1, 0.15) is 30.9 Å². The first kappa shape index (κ1) is 22.0. The molecule has 0 unspecified atom stereocenters. The molecule has 8 heteroatoms. The quantitative estimate of drug-likeness (QED) is 0.538. The SMILES string of the molecule is Nc1ncc(Br)cc1C(=O)c1cccc(N2CCCN(C(=O)Cc3ccccc3)CC2)n1.[HH].[HH]. The number of anilines is 2. The number of ketones is 1. The van der Waals surface area contributed by atoms with E-state index in [4.69, 9.17) is 5.73 Å². The summed E-state index contributed by atoms with van der Waals surface area (Å²) < 4.78 is 0.680. The summed E-state index contributed by atoms with van der Waals surface area (Å²) in [6, 6.07) is 16.8. The van der Waals surface area contributed by atoms with Gasteiger partial charge >= 0.3 is 0 Å². The smallest absolute Gasteiger partial charge is 0.227 e. The van der Waals surface area contributed by atoms with Crippen molar-refractivity contribution in [3.63, 3.8) is 0 Å². The molecule has 1 saturated heterocycles. The third-order valence-electron chi connectivity index (χ3n) is 5.47. The Morgan fingerprint density at radius 1 is 1.03 bits per heavy atom. The second kappa shape index (κ2) is 9.91. The number of aromatic nitrogens is 2. The third kappa shape index (κ3) is 5.13. The van der Waals surface area contributed by atoms with Gasteiger partial charge in [-0.15, -0.1) is 0 Å². The third-order valence-corrected chi connectivity index (χ3v) is 5.90. The second-order valence-corrected chi connectivity index (χ2v) is 8.60. The number of halogens is 1. The highest BCUT2D eigenvalue weighted by atomic mass is 79.9. The molecule has 32 heavy (non-hydrogen) atoms. The summed E-state index contributed by atoms with van der Waals surface area (Å²) in [5.74, 6) is 0.752. The number of pyridine rings is 2. The van der Waals surface area contributed by atoms with Crippen LogP contribution < -0.4 is 10.6 Å². The number of carbonyl (C=O) groups excluding carboxylic acids is 2. The molecule has 0 spiro atoms.